The second-order valence-corrected chi connectivity index (χ2v) is 24.7. The molecule has 1 fully saturated rings. The maximum absolute atomic E-state index is 14.6. The summed E-state index contributed by atoms with van der Waals surface area (Å²) >= 11 is 1.56. The number of primary amides is 1. The number of aliphatic hydroxyl groups is 1. The van der Waals surface area contributed by atoms with E-state index in [1.807, 2.05) is 131 Å². The van der Waals surface area contributed by atoms with E-state index in [0.717, 1.165) is 66.2 Å². The van der Waals surface area contributed by atoms with Crippen molar-refractivity contribution in [3.8, 4) is 21.6 Å². The van der Waals surface area contributed by atoms with Crippen LogP contribution in [-0.4, -0.2) is 112 Å². The topological polar surface area (TPSA) is 252 Å². The minimum atomic E-state index is -0.973. The van der Waals surface area contributed by atoms with E-state index >= 15 is 0 Å². The average molecular weight is 1170 g/mol. The molecular weight excluding hydrogens is 1100 g/mol. The molecule has 5 aromatic carbocycles. The number of rotatable bonds is 21. The van der Waals surface area contributed by atoms with Crippen LogP contribution in [0.4, 0.5) is 10.5 Å². The number of fused-ring (bicyclic) bond motifs is 3. The summed E-state index contributed by atoms with van der Waals surface area (Å²) in [6.45, 7) is 9.72. The van der Waals surface area contributed by atoms with Crippen molar-refractivity contribution in [3.05, 3.63) is 165 Å². The van der Waals surface area contributed by atoms with Gasteiger partial charge in [0, 0.05) is 44.7 Å². The molecular formula is C66H74N8O10S. The predicted octanol–water partition coefficient (Wildman–Crippen LogP) is 7.33. The van der Waals surface area contributed by atoms with E-state index in [0.29, 0.717) is 24.9 Å². The minimum absolute atomic E-state index is 0.0278. The molecule has 7 amide bonds. The van der Waals surface area contributed by atoms with Crippen LogP contribution < -0.4 is 31.9 Å². The smallest absolute Gasteiger partial charge is 0.407 e. The first-order valence-corrected chi connectivity index (χ1v) is 30.1. The number of carbonyl (C=O) groups excluding carboxylic acids is 7. The lowest BCUT2D eigenvalue weighted by Gasteiger charge is -2.35. The van der Waals surface area contributed by atoms with Crippen LogP contribution >= 0.6 is 11.3 Å². The summed E-state index contributed by atoms with van der Waals surface area (Å²) < 4.78 is 12.2. The van der Waals surface area contributed by atoms with E-state index in [-0.39, 0.29) is 76.1 Å². The molecule has 6 aromatic rings. The van der Waals surface area contributed by atoms with Crippen LogP contribution in [0.3, 0.4) is 0 Å². The van der Waals surface area contributed by atoms with Gasteiger partial charge in [0.1, 0.15) is 30.8 Å². The number of carbonyl (C=O) groups is 7. The highest BCUT2D eigenvalue weighted by molar-refractivity contribution is 7.13. The van der Waals surface area contributed by atoms with Crippen LogP contribution in [0.25, 0.3) is 21.6 Å². The fourth-order valence-corrected chi connectivity index (χ4v) is 13.0. The van der Waals surface area contributed by atoms with E-state index in [9.17, 15) is 38.7 Å². The summed E-state index contributed by atoms with van der Waals surface area (Å²) in [5, 5.41) is 22.5. The molecule has 0 spiro atoms. The van der Waals surface area contributed by atoms with Crippen LogP contribution in [0, 0.1) is 12.3 Å². The molecule has 85 heavy (non-hydrogen) atoms. The number of anilines is 1. The summed E-state index contributed by atoms with van der Waals surface area (Å²) in [4.78, 5) is 105. The van der Waals surface area contributed by atoms with Gasteiger partial charge in [0.15, 0.2) is 0 Å². The lowest BCUT2D eigenvalue weighted by Crippen LogP contribution is -2.57. The van der Waals surface area contributed by atoms with Crippen molar-refractivity contribution < 1.29 is 48.1 Å². The number of amides is 7. The van der Waals surface area contributed by atoms with Crippen LogP contribution in [0.1, 0.15) is 110 Å². The average Bonchev–Trinajstić information content (AvgIpc) is 2.33. The Morgan fingerprint density at radius 1 is 0.812 bits per heavy atom. The highest BCUT2D eigenvalue weighted by Crippen LogP contribution is 2.45. The summed E-state index contributed by atoms with van der Waals surface area (Å²) in [6, 6.07) is 32.8. The number of benzene rings is 5. The first-order valence-electron chi connectivity index (χ1n) is 29.2. The number of hydrogen-bond acceptors (Lipinski definition) is 12. The Hall–Kier alpha value is -8.26. The standard InChI is InChI=1S/C66H74N8O10S/c1-38-59(85-37-69-38)44-24-21-41(22-25-44)33-68-61(78)54-32-46(75)34-73(54)64(81)60(66(3,4)5)72-57(77)30-23-40-17-19-42(20-18-40)35-83-39(2)52(28-29-56(67)76)70-62(79)55-31-45-12-10-11-43-26-27-53(63(80)74(55)58(43)45)71-65(82)84-36-51-49-15-8-6-13-47(49)48-14-7-9-16-50(48)51/h6-22,24-25,37,39,46,51-55,60,75H,23,26-36H2,1-5H3,(H2,67,76)(H,68,78)(H,70,79)(H,71,82)(H,72,77)/t39-,46-,52+,53+,54+,55+,60-/m1/s1. The molecule has 4 heterocycles. The van der Waals surface area contributed by atoms with Gasteiger partial charge in [-0.3, -0.25) is 33.7 Å². The lowest BCUT2D eigenvalue weighted by atomic mass is 9.85. The third-order valence-corrected chi connectivity index (χ3v) is 17.8. The van der Waals surface area contributed by atoms with Crippen LogP contribution in [0.2, 0.25) is 0 Å². The summed E-state index contributed by atoms with van der Waals surface area (Å²) in [6.07, 6.45) is -0.527. The normalized spacial score (nSPS) is 19.0. The van der Waals surface area contributed by atoms with Gasteiger partial charge in [-0.1, -0.05) is 136 Å². The second-order valence-electron chi connectivity index (χ2n) is 23.8. The van der Waals surface area contributed by atoms with Gasteiger partial charge in [0.2, 0.25) is 35.4 Å². The highest BCUT2D eigenvalue weighted by Gasteiger charge is 2.46. The Morgan fingerprint density at radius 3 is 2.15 bits per heavy atom. The van der Waals surface area contributed by atoms with Crippen molar-refractivity contribution in [2.24, 2.45) is 11.1 Å². The number of hydrogen-bond donors (Lipinski definition) is 6. The number of β-amino-alcohol motifs (C(OH)–C–C–N with tert-alkyl or cyclic N) is 1. The van der Waals surface area contributed by atoms with E-state index in [1.165, 1.54) is 9.80 Å². The van der Waals surface area contributed by atoms with Crippen molar-refractivity contribution in [1.82, 2.24) is 31.2 Å². The van der Waals surface area contributed by atoms with Gasteiger partial charge in [0.05, 0.1) is 46.6 Å². The monoisotopic (exact) mass is 1170 g/mol. The number of para-hydroxylation sites is 1. The molecule has 0 saturated carbocycles. The number of nitrogens with one attached hydrogen (secondary N) is 4. The van der Waals surface area contributed by atoms with Crippen molar-refractivity contribution in [2.45, 2.75) is 147 Å². The number of nitrogens with zero attached hydrogens (tertiary/aromatic N) is 3. The number of thiazole rings is 1. The zero-order valence-electron chi connectivity index (χ0n) is 48.6. The van der Waals surface area contributed by atoms with Gasteiger partial charge in [-0.05, 0) is 101 Å². The molecule has 4 aliphatic rings. The SMILES string of the molecule is Cc1ncsc1-c1ccc(CNC(=O)[C@@H]2C[C@@H](O)CN2C(=O)[C@@H](NC(=O)CCc2ccc(CO[C@H](C)[C@H](CCC(N)=O)NC(=O)[C@@H]3Cc4cccc5c4N3C(=O)[C@@H](NC(=O)OCC3c4ccccc4-c4ccccc43)CC5)cc2)C(C)(C)C)cc1. The fourth-order valence-electron chi connectivity index (χ4n) is 12.2. The molecule has 0 bridgehead atoms. The number of likely N-dealkylation sites (tertiary alicyclic amines) is 1. The van der Waals surface area contributed by atoms with Gasteiger partial charge in [0.25, 0.3) is 0 Å². The number of aryl methyl sites for hydroxylation is 3. The first-order chi connectivity index (χ1) is 40.8. The molecule has 3 aliphatic heterocycles. The summed E-state index contributed by atoms with van der Waals surface area (Å²) in [7, 11) is 0. The summed E-state index contributed by atoms with van der Waals surface area (Å²) in [5.74, 6) is -2.74. The largest absolute Gasteiger partial charge is 0.449 e. The zero-order valence-corrected chi connectivity index (χ0v) is 49.4. The van der Waals surface area contributed by atoms with Crippen LogP contribution in [0.5, 0.6) is 0 Å². The van der Waals surface area contributed by atoms with Crippen molar-refractivity contribution in [2.75, 3.05) is 18.1 Å². The molecule has 0 radical (unpaired) electrons. The molecule has 10 rings (SSSR count). The van der Waals surface area contributed by atoms with Crippen molar-refractivity contribution >= 4 is 58.6 Å². The van der Waals surface area contributed by atoms with Crippen molar-refractivity contribution in [1.29, 1.82) is 0 Å². The fraction of sp³-hybridized carbons (Fsp3) is 0.394. The quantitative estimate of drug-likeness (QED) is 0.0416. The summed E-state index contributed by atoms with van der Waals surface area (Å²) in [5.41, 5.74) is 18.0. The maximum Gasteiger partial charge on any atom is 0.407 e. The zero-order chi connectivity index (χ0) is 60.1. The second kappa shape index (κ2) is 25.9. The molecule has 18 nitrogen and oxygen atoms in total. The Bertz CT molecular complexity index is 3430. The molecule has 7 N–H and O–H groups in total. The molecule has 1 saturated heterocycles. The Labute approximate surface area is 499 Å². The van der Waals surface area contributed by atoms with Gasteiger partial charge in [-0.2, -0.15) is 0 Å². The van der Waals surface area contributed by atoms with Gasteiger partial charge in [-0.15, -0.1) is 11.3 Å². The number of nitrogens with two attached hydrogens (primary N) is 1. The molecule has 444 valence electrons. The van der Waals surface area contributed by atoms with Gasteiger partial charge >= 0.3 is 6.09 Å². The number of aliphatic hydroxyl groups excluding tert-OH is 1. The van der Waals surface area contributed by atoms with Gasteiger partial charge in [-0.25, -0.2) is 9.78 Å². The van der Waals surface area contributed by atoms with Crippen LogP contribution in [0.15, 0.2) is 121 Å². The number of ether oxygens (including phenoxy) is 2. The molecule has 7 atom stereocenters. The minimum Gasteiger partial charge on any atom is -0.449 e. The lowest BCUT2D eigenvalue weighted by molar-refractivity contribution is -0.144. The van der Waals surface area contributed by atoms with E-state index in [4.69, 9.17) is 15.2 Å². The van der Waals surface area contributed by atoms with Gasteiger partial charge < -0.3 is 46.5 Å². The number of aromatic nitrogens is 1. The Balaban J connectivity index is 0.714. The van der Waals surface area contributed by atoms with Crippen LogP contribution in [-0.2, 0) is 70.7 Å². The molecule has 19 heteroatoms. The first kappa shape index (κ1) is 59.9. The highest BCUT2D eigenvalue weighted by atomic mass is 32.1. The maximum atomic E-state index is 14.6. The third-order valence-electron chi connectivity index (χ3n) is 16.8. The van der Waals surface area contributed by atoms with E-state index in [2.05, 4.69) is 38.4 Å². The van der Waals surface area contributed by atoms with Crippen molar-refractivity contribution in [3.63, 3.8) is 0 Å². The molecule has 0 unspecified atom stereocenters. The van der Waals surface area contributed by atoms with E-state index < -0.39 is 77.6 Å². The molecule has 1 aromatic heterocycles. The number of alkyl carbamates (subject to hydrolysis) is 1. The Kier molecular flexibility index (Phi) is 18.3. The third kappa shape index (κ3) is 13.6. The van der Waals surface area contributed by atoms with E-state index in [1.54, 1.807) is 23.8 Å². The molecule has 1 aliphatic carbocycles. The Morgan fingerprint density at radius 2 is 1.48 bits per heavy atom. The predicted molar refractivity (Wildman–Crippen MR) is 323 cm³/mol.